The maximum absolute atomic E-state index is 5.58. The van der Waals surface area contributed by atoms with Crippen molar-refractivity contribution in [2.24, 2.45) is 4.99 Å². The highest BCUT2D eigenvalue weighted by atomic mass is 127. The van der Waals surface area contributed by atoms with Gasteiger partial charge in [0.15, 0.2) is 17.5 Å². The maximum Gasteiger partial charge on any atom is 0.203 e. The molecule has 2 aromatic rings. The largest absolute Gasteiger partial charge is 0.493 e. The lowest BCUT2D eigenvalue weighted by Crippen LogP contribution is -2.45. The third-order valence-corrected chi connectivity index (χ3v) is 5.62. The van der Waals surface area contributed by atoms with Crippen LogP contribution in [0.1, 0.15) is 17.5 Å². The van der Waals surface area contributed by atoms with Crippen LogP contribution in [0.5, 0.6) is 17.2 Å². The Kier molecular flexibility index (Phi) is 10.2. The molecule has 3 rings (SSSR count). The second kappa shape index (κ2) is 12.6. The van der Waals surface area contributed by atoms with Gasteiger partial charge in [0, 0.05) is 44.0 Å². The monoisotopic (exact) mass is 554 g/mol. The average Bonchev–Trinajstić information content (AvgIpc) is 3.26. The van der Waals surface area contributed by atoms with E-state index in [1.807, 2.05) is 12.1 Å². The molecule has 0 radical (unpaired) electrons. The summed E-state index contributed by atoms with van der Waals surface area (Å²) < 4.78 is 16.4. The van der Waals surface area contributed by atoms with Gasteiger partial charge in [-0.05, 0) is 38.0 Å². The number of ether oxygens (including phenoxy) is 3. The van der Waals surface area contributed by atoms with E-state index in [-0.39, 0.29) is 24.0 Å². The lowest BCUT2D eigenvalue weighted by Gasteiger charge is -2.21. The Morgan fingerprint density at radius 2 is 1.75 bits per heavy atom. The van der Waals surface area contributed by atoms with Gasteiger partial charge in [-0.3, -0.25) is 4.99 Å². The predicted octanol–water partition coefficient (Wildman–Crippen LogP) is 3.63. The minimum absolute atomic E-state index is 0. The van der Waals surface area contributed by atoms with Gasteiger partial charge in [-0.25, -0.2) is 0 Å². The van der Waals surface area contributed by atoms with Crippen molar-refractivity contribution in [3.8, 4) is 17.2 Å². The van der Waals surface area contributed by atoms with Crippen molar-refractivity contribution < 1.29 is 14.2 Å². The molecule has 1 fully saturated rings. The van der Waals surface area contributed by atoms with Gasteiger partial charge in [-0.2, -0.15) is 0 Å². The lowest BCUT2D eigenvalue weighted by atomic mass is 10.1. The zero-order valence-corrected chi connectivity index (χ0v) is 21.9. The third kappa shape index (κ3) is 6.34. The summed E-state index contributed by atoms with van der Waals surface area (Å²) in [6.45, 7) is 4.85. The Bertz CT molecular complexity index is 890. The van der Waals surface area contributed by atoms with E-state index in [2.05, 4.69) is 51.7 Å². The highest BCUT2D eigenvalue weighted by Gasteiger charge is 2.23. The van der Waals surface area contributed by atoms with Crippen molar-refractivity contribution in [1.82, 2.24) is 10.6 Å². The van der Waals surface area contributed by atoms with Crippen LogP contribution in [-0.2, 0) is 6.42 Å². The van der Waals surface area contributed by atoms with Crippen molar-refractivity contribution in [3.05, 3.63) is 47.5 Å². The van der Waals surface area contributed by atoms with Crippen LogP contribution >= 0.6 is 24.0 Å². The van der Waals surface area contributed by atoms with E-state index in [0.29, 0.717) is 23.3 Å². The van der Waals surface area contributed by atoms with Crippen molar-refractivity contribution in [2.45, 2.75) is 25.8 Å². The van der Waals surface area contributed by atoms with Crippen LogP contribution in [0.15, 0.2) is 41.4 Å². The maximum atomic E-state index is 5.58. The summed E-state index contributed by atoms with van der Waals surface area (Å²) in [5.41, 5.74) is 3.61. The van der Waals surface area contributed by atoms with Crippen LogP contribution in [0.3, 0.4) is 0 Å². The van der Waals surface area contributed by atoms with Gasteiger partial charge in [0.05, 0.1) is 21.3 Å². The quantitative estimate of drug-likeness (QED) is 0.295. The molecular weight excluding hydrogens is 519 g/mol. The van der Waals surface area contributed by atoms with Gasteiger partial charge in [0.25, 0.3) is 0 Å². The van der Waals surface area contributed by atoms with Gasteiger partial charge in [-0.15, -0.1) is 24.0 Å². The van der Waals surface area contributed by atoms with E-state index in [0.717, 1.165) is 44.0 Å². The number of aliphatic imine (C=N–C) groups is 1. The molecule has 0 spiro atoms. The SMILES string of the molecule is CN=C(NCCc1ccc(OC)c(OC)c1OC)NC1CCN(c2ccc(C)cc2)C1.I. The molecule has 2 N–H and O–H groups in total. The normalized spacial score (nSPS) is 15.7. The van der Waals surface area contributed by atoms with E-state index >= 15 is 0 Å². The summed E-state index contributed by atoms with van der Waals surface area (Å²) >= 11 is 0. The number of aryl methyl sites for hydroxylation is 1. The number of hydrogen-bond donors (Lipinski definition) is 2. The Morgan fingerprint density at radius 1 is 1.03 bits per heavy atom. The average molecular weight is 554 g/mol. The number of anilines is 1. The highest BCUT2D eigenvalue weighted by Crippen LogP contribution is 2.39. The Balaban J connectivity index is 0.00000363. The zero-order chi connectivity index (χ0) is 22.2. The van der Waals surface area contributed by atoms with Crippen molar-refractivity contribution >= 4 is 35.6 Å². The minimum Gasteiger partial charge on any atom is -0.493 e. The molecule has 1 aliphatic heterocycles. The first-order valence-corrected chi connectivity index (χ1v) is 10.7. The van der Waals surface area contributed by atoms with Crippen LogP contribution in [0.4, 0.5) is 5.69 Å². The van der Waals surface area contributed by atoms with Crippen molar-refractivity contribution in [1.29, 1.82) is 0 Å². The van der Waals surface area contributed by atoms with Gasteiger partial charge in [0.2, 0.25) is 5.75 Å². The molecule has 8 heteroatoms. The number of methoxy groups -OCH3 is 3. The van der Waals surface area contributed by atoms with Gasteiger partial charge >= 0.3 is 0 Å². The number of nitrogens with one attached hydrogen (secondary N) is 2. The predicted molar refractivity (Wildman–Crippen MR) is 142 cm³/mol. The van der Waals surface area contributed by atoms with Crippen molar-refractivity contribution in [3.63, 3.8) is 0 Å². The third-order valence-electron chi connectivity index (χ3n) is 5.62. The zero-order valence-electron chi connectivity index (χ0n) is 19.6. The fourth-order valence-corrected chi connectivity index (χ4v) is 3.93. The molecule has 0 amide bonds. The molecule has 0 bridgehead atoms. The first kappa shape index (κ1) is 25.9. The summed E-state index contributed by atoms with van der Waals surface area (Å²) in [7, 11) is 6.69. The van der Waals surface area contributed by atoms with E-state index in [9.17, 15) is 0 Å². The topological polar surface area (TPSA) is 67.4 Å². The van der Waals surface area contributed by atoms with E-state index in [4.69, 9.17) is 14.2 Å². The van der Waals surface area contributed by atoms with Crippen molar-refractivity contribution in [2.75, 3.05) is 52.9 Å². The van der Waals surface area contributed by atoms with Gasteiger partial charge < -0.3 is 29.7 Å². The molecule has 1 heterocycles. The van der Waals surface area contributed by atoms with Gasteiger partial charge in [-0.1, -0.05) is 23.8 Å². The smallest absolute Gasteiger partial charge is 0.203 e. The number of guanidine groups is 1. The van der Waals surface area contributed by atoms with E-state index in [1.165, 1.54) is 11.3 Å². The summed E-state index contributed by atoms with van der Waals surface area (Å²) in [5.74, 6) is 2.80. The summed E-state index contributed by atoms with van der Waals surface area (Å²) in [5, 5.41) is 6.97. The molecule has 0 saturated carbocycles. The first-order valence-electron chi connectivity index (χ1n) is 10.7. The molecule has 2 aromatic carbocycles. The Labute approximate surface area is 208 Å². The highest BCUT2D eigenvalue weighted by molar-refractivity contribution is 14.0. The van der Waals surface area contributed by atoms with Crippen LogP contribution in [0, 0.1) is 6.92 Å². The number of benzene rings is 2. The van der Waals surface area contributed by atoms with Gasteiger partial charge in [0.1, 0.15) is 0 Å². The number of hydrogen-bond acceptors (Lipinski definition) is 5. The Morgan fingerprint density at radius 3 is 2.38 bits per heavy atom. The molecule has 176 valence electrons. The molecule has 32 heavy (non-hydrogen) atoms. The molecular formula is C24H35IN4O3. The fourth-order valence-electron chi connectivity index (χ4n) is 3.93. The molecule has 1 atom stereocenters. The van der Waals surface area contributed by atoms with E-state index < -0.39 is 0 Å². The number of halogens is 1. The van der Waals surface area contributed by atoms with Crippen LogP contribution in [-0.4, -0.2) is 60.0 Å². The molecule has 1 aliphatic rings. The van der Waals surface area contributed by atoms with Crippen LogP contribution in [0.25, 0.3) is 0 Å². The molecule has 1 saturated heterocycles. The summed E-state index contributed by atoms with van der Waals surface area (Å²) in [6, 6.07) is 13.0. The summed E-state index contributed by atoms with van der Waals surface area (Å²) in [6.07, 6.45) is 1.85. The standard InChI is InChI=1S/C24H34N4O3.HI/c1-17-6-9-20(10-7-17)28-15-13-19(16-28)27-24(25-2)26-14-12-18-8-11-21(29-3)23(31-5)22(18)30-4;/h6-11,19H,12-16H2,1-5H3,(H2,25,26,27);1H. The number of nitrogens with zero attached hydrogens (tertiary/aromatic N) is 2. The fraction of sp³-hybridized carbons (Fsp3) is 0.458. The molecule has 0 aromatic heterocycles. The lowest BCUT2D eigenvalue weighted by molar-refractivity contribution is 0.322. The van der Waals surface area contributed by atoms with Crippen LogP contribution < -0.4 is 29.7 Å². The van der Waals surface area contributed by atoms with Crippen LogP contribution in [0.2, 0.25) is 0 Å². The second-order valence-corrected chi connectivity index (χ2v) is 7.65. The molecule has 0 aliphatic carbocycles. The summed E-state index contributed by atoms with van der Waals surface area (Å²) in [4.78, 5) is 6.81. The second-order valence-electron chi connectivity index (χ2n) is 7.65. The number of rotatable bonds is 8. The van der Waals surface area contributed by atoms with E-state index in [1.54, 1.807) is 28.4 Å². The first-order chi connectivity index (χ1) is 15.1. The molecule has 7 nitrogen and oxygen atoms in total. The minimum atomic E-state index is 0. The Hall–Kier alpha value is -2.36. The molecule has 1 unspecified atom stereocenters.